The molecule has 0 spiro atoms. The third-order valence-electron chi connectivity index (χ3n) is 4.41. The summed E-state index contributed by atoms with van der Waals surface area (Å²) in [5.41, 5.74) is 4.19. The van der Waals surface area contributed by atoms with Gasteiger partial charge in [-0.15, -0.1) is 0 Å². The van der Waals surface area contributed by atoms with Crippen LogP contribution in [-0.4, -0.2) is 18.3 Å². The molecule has 1 aliphatic rings. The summed E-state index contributed by atoms with van der Waals surface area (Å²) in [6, 6.07) is 20.0. The van der Waals surface area contributed by atoms with Crippen LogP contribution in [0.5, 0.6) is 5.75 Å². The van der Waals surface area contributed by atoms with E-state index in [4.69, 9.17) is 4.74 Å². The van der Waals surface area contributed by atoms with E-state index in [1.54, 1.807) is 24.3 Å². The maximum atomic E-state index is 12.6. The summed E-state index contributed by atoms with van der Waals surface area (Å²) < 4.78 is 5.39. The van der Waals surface area contributed by atoms with Crippen molar-refractivity contribution in [3.05, 3.63) is 83.4 Å². The zero-order valence-corrected chi connectivity index (χ0v) is 14.3. The van der Waals surface area contributed by atoms with Crippen LogP contribution in [-0.2, 0) is 0 Å². The van der Waals surface area contributed by atoms with Crippen LogP contribution in [0.25, 0.3) is 11.1 Å². The van der Waals surface area contributed by atoms with Gasteiger partial charge in [-0.2, -0.15) is 0 Å². The Kier molecular flexibility index (Phi) is 4.01. The Morgan fingerprint density at radius 1 is 0.885 bits per heavy atom. The summed E-state index contributed by atoms with van der Waals surface area (Å²) in [5.74, 6) is 0.471. The molecule has 1 N–H and O–H groups in total. The van der Waals surface area contributed by atoms with Crippen molar-refractivity contribution in [2.75, 3.05) is 11.9 Å². The van der Waals surface area contributed by atoms with Gasteiger partial charge in [0.1, 0.15) is 5.75 Å². The molecule has 1 aliphatic carbocycles. The maximum absolute atomic E-state index is 12.6. The molecule has 0 radical (unpaired) electrons. The van der Waals surface area contributed by atoms with E-state index >= 15 is 0 Å². The highest BCUT2D eigenvalue weighted by Gasteiger charge is 2.26. The number of ether oxygens (including phenoxy) is 1. The Balaban J connectivity index is 1.58. The predicted octanol–water partition coefficient (Wildman–Crippen LogP) is 4.55. The van der Waals surface area contributed by atoms with Gasteiger partial charge < -0.3 is 10.1 Å². The van der Waals surface area contributed by atoms with Crippen LogP contribution in [0, 0.1) is 0 Å². The molecule has 4 nitrogen and oxygen atoms in total. The molecule has 1 amide bonds. The zero-order valence-electron chi connectivity index (χ0n) is 14.3. The lowest BCUT2D eigenvalue weighted by Gasteiger charge is -2.08. The third kappa shape index (κ3) is 2.75. The molecule has 4 rings (SSSR count). The summed E-state index contributed by atoms with van der Waals surface area (Å²) in [7, 11) is 0. The second-order valence-corrected chi connectivity index (χ2v) is 6.05. The molecule has 3 aromatic rings. The molecule has 0 aliphatic heterocycles. The summed E-state index contributed by atoms with van der Waals surface area (Å²) >= 11 is 0. The fraction of sp³-hybridized carbons (Fsp3) is 0.0909. The molecule has 3 aromatic carbocycles. The smallest absolute Gasteiger partial charge is 0.255 e. The van der Waals surface area contributed by atoms with E-state index < -0.39 is 0 Å². The van der Waals surface area contributed by atoms with Gasteiger partial charge in [0.05, 0.1) is 6.61 Å². The summed E-state index contributed by atoms with van der Waals surface area (Å²) in [4.78, 5) is 25.1. The number of amides is 1. The average molecular weight is 343 g/mol. The predicted molar refractivity (Wildman–Crippen MR) is 101 cm³/mol. The molecule has 4 heteroatoms. The lowest BCUT2D eigenvalue weighted by atomic mass is 10.0. The largest absolute Gasteiger partial charge is 0.494 e. The number of ketones is 1. The minimum Gasteiger partial charge on any atom is -0.494 e. The fourth-order valence-electron chi connectivity index (χ4n) is 3.17. The van der Waals surface area contributed by atoms with Gasteiger partial charge in [0, 0.05) is 22.4 Å². The highest BCUT2D eigenvalue weighted by molar-refractivity contribution is 6.22. The zero-order chi connectivity index (χ0) is 18.1. The van der Waals surface area contributed by atoms with Crippen LogP contribution in [0.15, 0.2) is 66.7 Å². The average Bonchev–Trinajstić information content (AvgIpc) is 2.96. The van der Waals surface area contributed by atoms with E-state index in [0.717, 1.165) is 16.9 Å². The van der Waals surface area contributed by atoms with Gasteiger partial charge in [-0.25, -0.2) is 0 Å². The second kappa shape index (κ2) is 6.48. The lowest BCUT2D eigenvalue weighted by molar-refractivity contribution is 0.102. The van der Waals surface area contributed by atoms with Crippen molar-refractivity contribution < 1.29 is 14.3 Å². The van der Waals surface area contributed by atoms with Crippen LogP contribution in [0.4, 0.5) is 5.69 Å². The van der Waals surface area contributed by atoms with E-state index in [2.05, 4.69) is 5.32 Å². The Morgan fingerprint density at radius 2 is 1.58 bits per heavy atom. The monoisotopic (exact) mass is 343 g/mol. The van der Waals surface area contributed by atoms with Crippen LogP contribution < -0.4 is 10.1 Å². The quantitative estimate of drug-likeness (QED) is 0.591. The number of benzene rings is 3. The van der Waals surface area contributed by atoms with Crippen LogP contribution >= 0.6 is 0 Å². The lowest BCUT2D eigenvalue weighted by Crippen LogP contribution is -2.12. The molecule has 0 unspecified atom stereocenters. The highest BCUT2D eigenvalue weighted by atomic mass is 16.5. The van der Waals surface area contributed by atoms with Gasteiger partial charge in [0.15, 0.2) is 5.78 Å². The molecular weight excluding hydrogens is 326 g/mol. The first-order valence-electron chi connectivity index (χ1n) is 8.49. The van der Waals surface area contributed by atoms with Crippen molar-refractivity contribution >= 4 is 17.4 Å². The van der Waals surface area contributed by atoms with Gasteiger partial charge in [-0.05, 0) is 54.4 Å². The number of rotatable bonds is 4. The number of hydrogen-bond acceptors (Lipinski definition) is 3. The first-order chi connectivity index (χ1) is 12.7. The molecule has 0 heterocycles. The minimum atomic E-state index is -0.249. The molecule has 0 saturated carbocycles. The molecule has 0 fully saturated rings. The summed E-state index contributed by atoms with van der Waals surface area (Å²) in [5, 5.41) is 2.85. The molecule has 0 aromatic heterocycles. The first kappa shape index (κ1) is 16.1. The fourth-order valence-corrected chi connectivity index (χ4v) is 3.17. The number of fused-ring (bicyclic) bond motifs is 3. The number of hydrogen-bond donors (Lipinski definition) is 1. The minimum absolute atomic E-state index is 0.0358. The number of carbonyl (C=O) groups excluding carboxylic acids is 2. The van der Waals surface area contributed by atoms with E-state index in [-0.39, 0.29) is 11.7 Å². The first-order valence-corrected chi connectivity index (χ1v) is 8.49. The Labute approximate surface area is 151 Å². The summed E-state index contributed by atoms with van der Waals surface area (Å²) in [6.45, 7) is 2.51. The van der Waals surface area contributed by atoms with E-state index in [1.165, 1.54) is 0 Å². The van der Waals surface area contributed by atoms with Crippen molar-refractivity contribution in [3.63, 3.8) is 0 Å². The van der Waals surface area contributed by atoms with E-state index in [9.17, 15) is 9.59 Å². The maximum Gasteiger partial charge on any atom is 0.255 e. The molecule has 0 saturated heterocycles. The summed E-state index contributed by atoms with van der Waals surface area (Å²) in [6.07, 6.45) is 0. The van der Waals surface area contributed by atoms with Crippen LogP contribution in [0.2, 0.25) is 0 Å². The van der Waals surface area contributed by atoms with E-state index in [0.29, 0.717) is 29.0 Å². The number of anilines is 1. The van der Waals surface area contributed by atoms with Gasteiger partial charge in [-0.1, -0.05) is 30.3 Å². The Morgan fingerprint density at radius 3 is 2.31 bits per heavy atom. The van der Waals surface area contributed by atoms with Crippen LogP contribution in [0.3, 0.4) is 0 Å². The molecule has 0 atom stereocenters. The molecule has 0 bridgehead atoms. The SMILES string of the molecule is CCOc1ccc(NC(=O)c2ccc3c(c2)C(=O)c2ccccc2-3)cc1. The van der Waals surface area contributed by atoms with Gasteiger partial charge in [0.25, 0.3) is 5.91 Å². The number of nitrogens with one attached hydrogen (secondary N) is 1. The molecular formula is C22H17NO3. The third-order valence-corrected chi connectivity index (χ3v) is 4.41. The van der Waals surface area contributed by atoms with E-state index in [1.807, 2.05) is 49.4 Å². The van der Waals surface area contributed by atoms with Crippen molar-refractivity contribution in [2.24, 2.45) is 0 Å². The standard InChI is InChI=1S/C22H17NO3/c1-2-26-16-10-8-15(9-11-16)23-22(25)14-7-12-18-17-5-3-4-6-19(17)21(24)20(18)13-14/h3-13H,2H2,1H3,(H,23,25). The van der Waals surface area contributed by atoms with Gasteiger partial charge in [0.2, 0.25) is 0 Å². The van der Waals surface area contributed by atoms with Crippen molar-refractivity contribution in [1.82, 2.24) is 0 Å². The van der Waals surface area contributed by atoms with Gasteiger partial charge >= 0.3 is 0 Å². The second-order valence-electron chi connectivity index (χ2n) is 6.05. The van der Waals surface area contributed by atoms with Crippen LogP contribution in [0.1, 0.15) is 33.2 Å². The van der Waals surface area contributed by atoms with Gasteiger partial charge in [-0.3, -0.25) is 9.59 Å². The Bertz CT molecular complexity index is 1010. The van der Waals surface area contributed by atoms with Crippen molar-refractivity contribution in [2.45, 2.75) is 6.92 Å². The van der Waals surface area contributed by atoms with Crippen molar-refractivity contribution in [3.8, 4) is 16.9 Å². The molecule has 128 valence electrons. The highest BCUT2D eigenvalue weighted by Crippen LogP contribution is 2.36. The molecule has 26 heavy (non-hydrogen) atoms. The Hall–Kier alpha value is -3.40. The topological polar surface area (TPSA) is 55.4 Å². The normalized spacial score (nSPS) is 11.7. The van der Waals surface area contributed by atoms with Crippen molar-refractivity contribution in [1.29, 1.82) is 0 Å². The number of carbonyl (C=O) groups is 2.